The van der Waals surface area contributed by atoms with Crippen LogP contribution in [0.4, 0.5) is 5.82 Å². The predicted octanol–water partition coefficient (Wildman–Crippen LogP) is 4.48. The van der Waals surface area contributed by atoms with Crippen molar-refractivity contribution in [2.75, 3.05) is 18.0 Å². The van der Waals surface area contributed by atoms with Gasteiger partial charge in [0.1, 0.15) is 11.5 Å². The Hall–Kier alpha value is -3.10. The van der Waals surface area contributed by atoms with E-state index in [0.29, 0.717) is 5.02 Å². The van der Waals surface area contributed by atoms with Gasteiger partial charge in [0.25, 0.3) is 0 Å². The van der Waals surface area contributed by atoms with Gasteiger partial charge in [-0.05, 0) is 66.9 Å². The van der Waals surface area contributed by atoms with Crippen molar-refractivity contribution in [1.29, 1.82) is 0 Å². The Kier molecular flexibility index (Phi) is 6.42. The number of amides is 1. The topological polar surface area (TPSA) is 83.8 Å². The van der Waals surface area contributed by atoms with Gasteiger partial charge in [-0.2, -0.15) is 0 Å². The molecule has 0 radical (unpaired) electrons. The first kappa shape index (κ1) is 23.6. The van der Waals surface area contributed by atoms with E-state index < -0.39 is 15.1 Å². The molecule has 4 aromatic rings. The number of carbonyl (C=O) groups is 1. The molecule has 7 nitrogen and oxygen atoms in total. The summed E-state index contributed by atoms with van der Waals surface area (Å²) in [5, 5.41) is 4.49. The van der Waals surface area contributed by atoms with Crippen LogP contribution in [0.25, 0.3) is 16.4 Å². The minimum Gasteiger partial charge on any atom is -0.358 e. The minimum atomic E-state index is -3.65. The van der Waals surface area contributed by atoms with Crippen molar-refractivity contribution in [3.63, 3.8) is 0 Å². The van der Waals surface area contributed by atoms with E-state index in [1.165, 1.54) is 0 Å². The summed E-state index contributed by atoms with van der Waals surface area (Å²) in [6, 6.07) is 16.4. The highest BCUT2D eigenvalue weighted by molar-refractivity contribution is 7.92. The molecule has 3 heterocycles. The molecule has 0 aliphatic carbocycles. The van der Waals surface area contributed by atoms with Gasteiger partial charge in [0.05, 0.1) is 10.1 Å². The zero-order chi connectivity index (χ0) is 24.6. The molecule has 1 saturated heterocycles. The maximum absolute atomic E-state index is 13.1. The lowest BCUT2D eigenvalue weighted by Gasteiger charge is -2.34. The molecule has 2 aromatic heterocycles. The first-order valence-corrected chi connectivity index (χ1v) is 13.6. The van der Waals surface area contributed by atoms with Gasteiger partial charge in [0.15, 0.2) is 9.84 Å². The molecule has 9 heteroatoms. The van der Waals surface area contributed by atoms with Crippen molar-refractivity contribution in [3.8, 4) is 0 Å². The second-order valence-electron chi connectivity index (χ2n) is 9.08. The number of aromatic nitrogens is 2. The summed E-state index contributed by atoms with van der Waals surface area (Å²) in [6.07, 6.45) is 5.26. The lowest BCUT2D eigenvalue weighted by atomic mass is 10.0. The average Bonchev–Trinajstić information content (AvgIpc) is 3.33. The van der Waals surface area contributed by atoms with Crippen LogP contribution >= 0.6 is 11.6 Å². The first-order chi connectivity index (χ1) is 16.8. The molecule has 35 heavy (non-hydrogen) atoms. The Bertz CT molecular complexity index is 1490. The Morgan fingerprint density at radius 3 is 2.66 bits per heavy atom. The normalized spacial score (nSPS) is 16.0. The molecule has 1 N–H and O–H groups in total. The van der Waals surface area contributed by atoms with E-state index in [4.69, 9.17) is 11.6 Å². The first-order valence-electron chi connectivity index (χ1n) is 11.7. The van der Waals surface area contributed by atoms with Crippen molar-refractivity contribution < 1.29 is 13.2 Å². The van der Waals surface area contributed by atoms with Gasteiger partial charge < -0.3 is 10.2 Å². The summed E-state index contributed by atoms with van der Waals surface area (Å²) >= 11 is 6.02. The van der Waals surface area contributed by atoms with Crippen molar-refractivity contribution in [2.24, 2.45) is 0 Å². The zero-order valence-corrected chi connectivity index (χ0v) is 21.0. The number of pyridine rings is 1. The van der Waals surface area contributed by atoms with Crippen LogP contribution in [0.1, 0.15) is 26.2 Å². The highest BCUT2D eigenvalue weighted by Crippen LogP contribution is 2.26. The Balaban J connectivity index is 1.19. The summed E-state index contributed by atoms with van der Waals surface area (Å²) < 4.78 is 28.3. The summed E-state index contributed by atoms with van der Waals surface area (Å²) in [5.74, 6) is 0.853. The highest BCUT2D eigenvalue weighted by atomic mass is 35.5. The highest BCUT2D eigenvalue weighted by Gasteiger charge is 2.28. The van der Waals surface area contributed by atoms with E-state index in [0.717, 1.165) is 48.2 Å². The molecule has 1 amide bonds. The molecular weight excluding hydrogens is 484 g/mol. The van der Waals surface area contributed by atoms with Crippen molar-refractivity contribution >= 4 is 49.6 Å². The van der Waals surface area contributed by atoms with Gasteiger partial charge in [-0.25, -0.2) is 13.4 Å². The molecule has 5 rings (SSSR count). The number of rotatable bonds is 6. The summed E-state index contributed by atoms with van der Waals surface area (Å²) in [6.45, 7) is 3.20. The number of nitrogens with one attached hydrogen (secondary N) is 1. The van der Waals surface area contributed by atoms with E-state index in [9.17, 15) is 13.2 Å². The number of nitrogens with zero attached hydrogens (tertiary/aromatic N) is 3. The minimum absolute atomic E-state index is 0.0288. The van der Waals surface area contributed by atoms with Crippen LogP contribution in [-0.2, 0) is 14.6 Å². The van der Waals surface area contributed by atoms with Crippen LogP contribution < -0.4 is 10.2 Å². The maximum Gasteiger partial charge on any atom is 0.221 e. The number of fused-ring (bicyclic) bond motifs is 2. The third-order valence-electron chi connectivity index (χ3n) is 6.70. The smallest absolute Gasteiger partial charge is 0.221 e. The standard InChI is InChI=1S/C26H27ClN4O3S/c1-18(35(33,34)23-8-6-19-16-21(27)7-5-20(19)17-23)15-25(32)29-22-9-12-30(13-10-22)26-4-2-3-24-28-11-14-31(24)26/h2-8,11,14,16-18,22H,9-10,12-13,15H2,1H3,(H,29,32). The predicted molar refractivity (Wildman–Crippen MR) is 139 cm³/mol. The van der Waals surface area contributed by atoms with E-state index in [1.807, 2.05) is 18.3 Å². The monoisotopic (exact) mass is 510 g/mol. The fourth-order valence-corrected chi connectivity index (χ4v) is 6.27. The SMILES string of the molecule is CC(CC(=O)NC1CCN(c2cccc3nccn23)CC1)S(=O)(=O)c1ccc2cc(Cl)ccc2c1. The van der Waals surface area contributed by atoms with E-state index in [1.54, 1.807) is 49.5 Å². The zero-order valence-electron chi connectivity index (χ0n) is 19.4. The van der Waals surface area contributed by atoms with Crippen LogP contribution in [0.5, 0.6) is 0 Å². The molecule has 1 aliphatic rings. The number of hydrogen-bond acceptors (Lipinski definition) is 5. The number of halogens is 1. The fraction of sp³-hybridized carbons (Fsp3) is 0.308. The van der Waals surface area contributed by atoms with Gasteiger partial charge >= 0.3 is 0 Å². The van der Waals surface area contributed by atoms with Gasteiger partial charge in [-0.15, -0.1) is 0 Å². The molecule has 182 valence electrons. The van der Waals surface area contributed by atoms with Gasteiger partial charge in [-0.1, -0.05) is 29.8 Å². The van der Waals surface area contributed by atoms with Crippen LogP contribution in [-0.4, -0.2) is 48.1 Å². The Morgan fingerprint density at radius 1 is 1.11 bits per heavy atom. The van der Waals surface area contributed by atoms with Crippen LogP contribution in [0.2, 0.25) is 5.02 Å². The largest absolute Gasteiger partial charge is 0.358 e. The number of hydrogen-bond donors (Lipinski definition) is 1. The van der Waals surface area contributed by atoms with E-state index in [-0.39, 0.29) is 23.3 Å². The van der Waals surface area contributed by atoms with Crippen LogP contribution in [0.15, 0.2) is 71.9 Å². The molecule has 0 bridgehead atoms. The third-order valence-corrected chi connectivity index (χ3v) is 9.07. The molecule has 0 spiro atoms. The number of sulfone groups is 1. The fourth-order valence-electron chi connectivity index (χ4n) is 4.70. The summed E-state index contributed by atoms with van der Waals surface area (Å²) in [5.41, 5.74) is 0.906. The maximum atomic E-state index is 13.1. The van der Waals surface area contributed by atoms with E-state index in [2.05, 4.69) is 25.7 Å². The summed E-state index contributed by atoms with van der Waals surface area (Å²) in [7, 11) is -3.65. The molecule has 1 aliphatic heterocycles. The molecule has 2 aromatic carbocycles. The summed E-state index contributed by atoms with van der Waals surface area (Å²) in [4.78, 5) is 19.6. The molecular formula is C26H27ClN4O3S. The second-order valence-corrected chi connectivity index (χ2v) is 11.9. The quantitative estimate of drug-likeness (QED) is 0.413. The second kappa shape index (κ2) is 9.51. The van der Waals surface area contributed by atoms with Gasteiger partial charge in [0.2, 0.25) is 5.91 Å². The number of piperidine rings is 1. The van der Waals surface area contributed by atoms with E-state index >= 15 is 0 Å². The number of anilines is 1. The molecule has 0 saturated carbocycles. The molecule has 1 atom stereocenters. The van der Waals surface area contributed by atoms with Gasteiger partial charge in [-0.3, -0.25) is 9.20 Å². The number of carbonyl (C=O) groups excluding carboxylic acids is 1. The Morgan fingerprint density at radius 2 is 1.86 bits per heavy atom. The third kappa shape index (κ3) is 4.86. The molecule has 1 unspecified atom stereocenters. The van der Waals surface area contributed by atoms with Crippen molar-refractivity contribution in [3.05, 3.63) is 72.0 Å². The van der Waals surface area contributed by atoms with Crippen molar-refractivity contribution in [1.82, 2.24) is 14.7 Å². The van der Waals surface area contributed by atoms with Crippen LogP contribution in [0, 0.1) is 0 Å². The van der Waals surface area contributed by atoms with Crippen LogP contribution in [0.3, 0.4) is 0 Å². The average molecular weight is 511 g/mol. The van der Waals surface area contributed by atoms with Crippen molar-refractivity contribution in [2.45, 2.75) is 42.4 Å². The lowest BCUT2D eigenvalue weighted by molar-refractivity contribution is -0.121. The molecule has 1 fully saturated rings. The number of benzene rings is 2. The number of imidazole rings is 1. The lowest BCUT2D eigenvalue weighted by Crippen LogP contribution is -2.45. The van der Waals surface area contributed by atoms with Gasteiger partial charge in [0, 0.05) is 43.0 Å². The Labute approximate surface area is 209 Å².